The molecule has 0 bridgehead atoms. The van der Waals surface area contributed by atoms with Crippen LogP contribution in [0.3, 0.4) is 0 Å². The minimum absolute atomic E-state index is 0. The van der Waals surface area contributed by atoms with Gasteiger partial charge in [0.05, 0.1) is 17.6 Å². The van der Waals surface area contributed by atoms with E-state index >= 15 is 0 Å². The van der Waals surface area contributed by atoms with E-state index in [2.05, 4.69) is 20.2 Å². The molecule has 8 nitrogen and oxygen atoms in total. The van der Waals surface area contributed by atoms with Crippen LogP contribution in [0.2, 0.25) is 0 Å². The summed E-state index contributed by atoms with van der Waals surface area (Å²) < 4.78 is 5.89. The number of amides is 1. The fraction of sp³-hybridized carbons (Fsp3) is 0.174. The van der Waals surface area contributed by atoms with Gasteiger partial charge in [-0.15, -0.1) is 10.2 Å². The molecule has 0 unspecified atom stereocenters. The Hall–Kier alpha value is -3.91. The van der Waals surface area contributed by atoms with Crippen LogP contribution in [0.4, 0.5) is 0 Å². The molecule has 2 N–H and O–H groups in total. The van der Waals surface area contributed by atoms with Crippen LogP contribution in [-0.4, -0.2) is 45.1 Å². The van der Waals surface area contributed by atoms with Crippen molar-refractivity contribution in [3.8, 4) is 34.3 Å². The third kappa shape index (κ3) is 4.19. The van der Waals surface area contributed by atoms with Crippen LogP contribution in [0.1, 0.15) is 25.9 Å². The standard InChI is InChI=1S/C23H22N6O2.3H2/c1-14-20(22-28-27-21(31-22)18-6-4-5-15(11-18)12-24)26-19(13-25-14)16-7-9-17(10-8-16)23(30)29(2)3;;;/h4-11,13H,12,24H2,1-3H3;3*1H. The lowest BCUT2D eigenvalue weighted by atomic mass is 10.1. The highest BCUT2D eigenvalue weighted by molar-refractivity contribution is 5.94. The Labute approximate surface area is 184 Å². The molecule has 4 rings (SSSR count). The van der Waals surface area contributed by atoms with Crippen LogP contribution < -0.4 is 5.73 Å². The third-order valence-electron chi connectivity index (χ3n) is 4.83. The Morgan fingerprint density at radius 2 is 1.81 bits per heavy atom. The maximum absolute atomic E-state index is 12.1. The Morgan fingerprint density at radius 3 is 2.52 bits per heavy atom. The smallest absolute Gasteiger partial charge is 0.268 e. The number of nitrogens with two attached hydrogens (primary N) is 1. The zero-order chi connectivity index (χ0) is 22.0. The average Bonchev–Trinajstić information content (AvgIpc) is 3.29. The largest absolute Gasteiger partial charge is 0.415 e. The van der Waals surface area contributed by atoms with Gasteiger partial charge in [0.1, 0.15) is 5.69 Å². The lowest BCUT2D eigenvalue weighted by Gasteiger charge is -2.10. The summed E-state index contributed by atoms with van der Waals surface area (Å²) in [6.45, 7) is 2.27. The van der Waals surface area contributed by atoms with Gasteiger partial charge in [-0.3, -0.25) is 9.78 Å². The molecule has 0 saturated heterocycles. The summed E-state index contributed by atoms with van der Waals surface area (Å²) in [5.74, 6) is 0.627. The predicted octanol–water partition coefficient (Wildman–Crippen LogP) is 4.07. The molecule has 0 aliphatic heterocycles. The molecule has 2 aromatic heterocycles. The van der Waals surface area contributed by atoms with Gasteiger partial charge in [-0.2, -0.15) is 0 Å². The SMILES string of the molecule is Cc1ncc(-c2ccc(C(=O)N(C)C)cc2)nc1-c1nnc(-c2cccc(CN)c2)o1.[HH].[HH].[HH]. The molecule has 0 radical (unpaired) electrons. The molecule has 2 aromatic carbocycles. The summed E-state index contributed by atoms with van der Waals surface area (Å²) in [7, 11) is 3.44. The lowest BCUT2D eigenvalue weighted by Crippen LogP contribution is -2.21. The number of carbonyl (C=O) groups is 1. The molecular formula is C23H28N6O2. The van der Waals surface area contributed by atoms with Crippen molar-refractivity contribution in [2.45, 2.75) is 13.5 Å². The Morgan fingerprint density at radius 1 is 1.06 bits per heavy atom. The Balaban J connectivity index is 0.00000193. The van der Waals surface area contributed by atoms with Crippen LogP contribution in [0.15, 0.2) is 59.1 Å². The van der Waals surface area contributed by atoms with Gasteiger partial charge in [0.15, 0.2) is 0 Å². The van der Waals surface area contributed by atoms with Crippen LogP contribution in [-0.2, 0) is 6.54 Å². The first kappa shape index (κ1) is 20.4. The van der Waals surface area contributed by atoms with Crippen LogP contribution in [0, 0.1) is 6.92 Å². The number of aromatic nitrogens is 4. The third-order valence-corrected chi connectivity index (χ3v) is 4.83. The normalized spacial score (nSPS) is 10.8. The summed E-state index contributed by atoms with van der Waals surface area (Å²) in [4.78, 5) is 22.8. The Bertz CT molecular complexity index is 1250. The molecular weight excluding hydrogens is 392 g/mol. The van der Waals surface area contributed by atoms with E-state index in [9.17, 15) is 4.79 Å². The average molecular weight is 421 g/mol. The minimum atomic E-state index is -0.0562. The van der Waals surface area contributed by atoms with E-state index in [4.69, 9.17) is 10.2 Å². The summed E-state index contributed by atoms with van der Waals surface area (Å²) >= 11 is 0. The fourth-order valence-corrected chi connectivity index (χ4v) is 3.10. The van der Waals surface area contributed by atoms with Gasteiger partial charge in [-0.1, -0.05) is 24.3 Å². The first-order chi connectivity index (χ1) is 15.0. The van der Waals surface area contributed by atoms with Crippen molar-refractivity contribution in [3.63, 3.8) is 0 Å². The second-order valence-corrected chi connectivity index (χ2v) is 7.28. The molecule has 0 spiro atoms. The summed E-state index contributed by atoms with van der Waals surface area (Å²) in [5.41, 5.74) is 10.8. The molecule has 0 atom stereocenters. The van der Waals surface area contributed by atoms with E-state index in [1.54, 1.807) is 32.4 Å². The molecule has 2 heterocycles. The first-order valence-electron chi connectivity index (χ1n) is 9.75. The van der Waals surface area contributed by atoms with Crippen molar-refractivity contribution in [2.24, 2.45) is 5.73 Å². The quantitative estimate of drug-likeness (QED) is 0.518. The van der Waals surface area contributed by atoms with Gasteiger partial charge in [0, 0.05) is 41.6 Å². The van der Waals surface area contributed by atoms with Crippen LogP contribution >= 0.6 is 0 Å². The molecule has 31 heavy (non-hydrogen) atoms. The molecule has 8 heteroatoms. The van der Waals surface area contributed by atoms with E-state index < -0.39 is 0 Å². The number of hydrogen-bond donors (Lipinski definition) is 1. The highest BCUT2D eigenvalue weighted by Crippen LogP contribution is 2.27. The van der Waals surface area contributed by atoms with Crippen molar-refractivity contribution in [1.82, 2.24) is 25.1 Å². The van der Waals surface area contributed by atoms with E-state index in [1.165, 1.54) is 4.90 Å². The summed E-state index contributed by atoms with van der Waals surface area (Å²) in [6, 6.07) is 14.9. The second-order valence-electron chi connectivity index (χ2n) is 7.28. The second kappa shape index (κ2) is 8.45. The number of rotatable bonds is 5. The highest BCUT2D eigenvalue weighted by atomic mass is 16.4. The van der Waals surface area contributed by atoms with E-state index in [0.29, 0.717) is 41.0 Å². The molecule has 1 amide bonds. The Kier molecular flexibility index (Phi) is 5.55. The first-order valence-corrected chi connectivity index (χ1v) is 9.75. The molecule has 0 aliphatic rings. The monoisotopic (exact) mass is 420 g/mol. The maximum atomic E-state index is 12.1. The maximum Gasteiger partial charge on any atom is 0.268 e. The van der Waals surface area contributed by atoms with Gasteiger partial charge in [0.25, 0.3) is 11.8 Å². The van der Waals surface area contributed by atoms with Crippen molar-refractivity contribution in [3.05, 3.63) is 71.5 Å². The van der Waals surface area contributed by atoms with Crippen molar-refractivity contribution in [1.29, 1.82) is 0 Å². The van der Waals surface area contributed by atoms with Crippen molar-refractivity contribution in [2.75, 3.05) is 14.1 Å². The topological polar surface area (TPSA) is 111 Å². The van der Waals surface area contributed by atoms with Crippen LogP contribution in [0.5, 0.6) is 0 Å². The fourth-order valence-electron chi connectivity index (χ4n) is 3.10. The van der Waals surface area contributed by atoms with Crippen molar-refractivity contribution < 1.29 is 13.5 Å². The van der Waals surface area contributed by atoms with Gasteiger partial charge < -0.3 is 15.1 Å². The summed E-state index contributed by atoms with van der Waals surface area (Å²) in [6.07, 6.45) is 1.68. The van der Waals surface area contributed by atoms with Gasteiger partial charge in [-0.05, 0) is 36.8 Å². The molecule has 4 aromatic rings. The molecule has 0 saturated carbocycles. The molecule has 162 valence electrons. The van der Waals surface area contributed by atoms with E-state index in [0.717, 1.165) is 16.7 Å². The zero-order valence-corrected chi connectivity index (χ0v) is 17.5. The predicted molar refractivity (Wildman–Crippen MR) is 123 cm³/mol. The molecule has 0 aliphatic carbocycles. The van der Waals surface area contributed by atoms with Gasteiger partial charge in [-0.25, -0.2) is 4.98 Å². The van der Waals surface area contributed by atoms with Gasteiger partial charge >= 0.3 is 0 Å². The number of carbonyl (C=O) groups excluding carboxylic acids is 1. The number of aryl methyl sites for hydroxylation is 1. The van der Waals surface area contributed by atoms with Crippen molar-refractivity contribution >= 4 is 5.91 Å². The highest BCUT2D eigenvalue weighted by Gasteiger charge is 2.17. The van der Waals surface area contributed by atoms with E-state index in [-0.39, 0.29) is 10.2 Å². The molecule has 0 fully saturated rings. The zero-order valence-electron chi connectivity index (χ0n) is 17.5. The summed E-state index contributed by atoms with van der Waals surface area (Å²) in [5, 5.41) is 8.33. The number of hydrogen-bond acceptors (Lipinski definition) is 7. The minimum Gasteiger partial charge on any atom is -0.415 e. The number of benzene rings is 2. The number of nitrogens with zero attached hydrogens (tertiary/aromatic N) is 5. The van der Waals surface area contributed by atoms with E-state index in [1.807, 2.05) is 43.3 Å². The van der Waals surface area contributed by atoms with Crippen LogP contribution in [0.25, 0.3) is 34.3 Å². The lowest BCUT2D eigenvalue weighted by molar-refractivity contribution is 0.0827. The van der Waals surface area contributed by atoms with Gasteiger partial charge in [0.2, 0.25) is 5.89 Å².